The predicted octanol–water partition coefficient (Wildman–Crippen LogP) is 2.23. The van der Waals surface area contributed by atoms with Crippen molar-refractivity contribution in [3.63, 3.8) is 0 Å². The summed E-state index contributed by atoms with van der Waals surface area (Å²) in [5, 5.41) is 4.13. The summed E-state index contributed by atoms with van der Waals surface area (Å²) >= 11 is 0. The molecule has 0 spiro atoms. The van der Waals surface area contributed by atoms with Gasteiger partial charge < -0.3 is 14.2 Å². The predicted molar refractivity (Wildman–Crippen MR) is 62.8 cm³/mol. The van der Waals surface area contributed by atoms with E-state index in [4.69, 9.17) is 14.2 Å². The van der Waals surface area contributed by atoms with Crippen LogP contribution in [0.2, 0.25) is 0 Å². The number of para-hydroxylation sites is 1. The summed E-state index contributed by atoms with van der Waals surface area (Å²) in [6.45, 7) is 0. The zero-order valence-corrected chi connectivity index (χ0v) is 10.0. The fraction of sp³-hybridized carbons (Fsp3) is 0.250. The molecule has 0 atom stereocenters. The molecule has 0 bridgehead atoms. The Hall–Kier alpha value is -2.17. The maximum absolute atomic E-state index is 5.63. The van der Waals surface area contributed by atoms with Gasteiger partial charge in [0.2, 0.25) is 11.6 Å². The number of benzene rings is 1. The number of aryl methyl sites for hydroxylation is 1. The third-order valence-electron chi connectivity index (χ3n) is 2.27. The van der Waals surface area contributed by atoms with Gasteiger partial charge in [-0.2, -0.15) is 0 Å². The maximum atomic E-state index is 5.63. The topological polar surface area (TPSA) is 45.5 Å². The Balaban J connectivity index is 2.32. The van der Waals surface area contributed by atoms with Gasteiger partial charge in [-0.1, -0.05) is 6.07 Å². The Morgan fingerprint density at radius 3 is 2.41 bits per heavy atom. The molecule has 1 aromatic carbocycles. The van der Waals surface area contributed by atoms with Gasteiger partial charge in [0.1, 0.15) is 0 Å². The summed E-state index contributed by atoms with van der Waals surface area (Å²) in [6.07, 6.45) is 1.81. The van der Waals surface area contributed by atoms with Gasteiger partial charge in [0.15, 0.2) is 11.5 Å². The molecule has 5 heteroatoms. The first kappa shape index (κ1) is 11.3. The van der Waals surface area contributed by atoms with Crippen LogP contribution in [0.1, 0.15) is 0 Å². The molecular formula is C12H14N2O3. The average molecular weight is 234 g/mol. The van der Waals surface area contributed by atoms with Crippen molar-refractivity contribution in [1.82, 2.24) is 9.78 Å². The molecule has 0 amide bonds. The van der Waals surface area contributed by atoms with Crippen molar-refractivity contribution in [2.45, 2.75) is 0 Å². The third-order valence-corrected chi connectivity index (χ3v) is 2.27. The van der Waals surface area contributed by atoms with E-state index in [2.05, 4.69) is 5.10 Å². The van der Waals surface area contributed by atoms with Gasteiger partial charge in [-0.15, -0.1) is 5.10 Å². The highest BCUT2D eigenvalue weighted by Gasteiger charge is 2.12. The monoisotopic (exact) mass is 234 g/mol. The number of nitrogens with zero attached hydrogens (tertiary/aromatic N) is 2. The van der Waals surface area contributed by atoms with E-state index in [1.165, 1.54) is 0 Å². The molecule has 90 valence electrons. The molecule has 17 heavy (non-hydrogen) atoms. The van der Waals surface area contributed by atoms with Crippen molar-refractivity contribution in [3.05, 3.63) is 30.5 Å². The van der Waals surface area contributed by atoms with Gasteiger partial charge in [0.25, 0.3) is 0 Å². The Labute approximate surface area is 99.5 Å². The van der Waals surface area contributed by atoms with Crippen LogP contribution in [0, 0.1) is 0 Å². The second-order valence-electron chi connectivity index (χ2n) is 3.42. The number of aromatic nitrogens is 2. The quantitative estimate of drug-likeness (QED) is 0.813. The van der Waals surface area contributed by atoms with Crippen LogP contribution in [0.4, 0.5) is 0 Å². The summed E-state index contributed by atoms with van der Waals surface area (Å²) in [6, 6.07) is 7.22. The first-order chi connectivity index (χ1) is 8.24. The van der Waals surface area contributed by atoms with Gasteiger partial charge in [-0.3, -0.25) is 4.68 Å². The van der Waals surface area contributed by atoms with Crippen LogP contribution in [0.5, 0.6) is 23.1 Å². The molecule has 0 aliphatic carbocycles. The van der Waals surface area contributed by atoms with Gasteiger partial charge in [-0.05, 0) is 12.1 Å². The largest absolute Gasteiger partial charge is 0.493 e. The zero-order valence-electron chi connectivity index (χ0n) is 10.0. The molecule has 1 aromatic heterocycles. The van der Waals surface area contributed by atoms with E-state index in [0.29, 0.717) is 23.1 Å². The number of methoxy groups -OCH3 is 2. The van der Waals surface area contributed by atoms with Crippen LogP contribution in [-0.2, 0) is 7.05 Å². The number of ether oxygens (including phenoxy) is 3. The summed E-state index contributed by atoms with van der Waals surface area (Å²) in [5.41, 5.74) is 0. The highest BCUT2D eigenvalue weighted by Crippen LogP contribution is 2.38. The first-order valence-electron chi connectivity index (χ1n) is 5.13. The maximum Gasteiger partial charge on any atom is 0.238 e. The lowest BCUT2D eigenvalue weighted by Gasteiger charge is -2.11. The fourth-order valence-corrected chi connectivity index (χ4v) is 1.50. The Bertz CT molecular complexity index is 508. The van der Waals surface area contributed by atoms with Crippen molar-refractivity contribution >= 4 is 0 Å². The standard InChI is InChI=1S/C12H14N2O3/c1-14-8-7-11(13-14)17-10-6-4-5-9(15-2)12(10)16-3/h4-8H,1-3H3. The minimum absolute atomic E-state index is 0.513. The Morgan fingerprint density at radius 2 is 1.82 bits per heavy atom. The van der Waals surface area contributed by atoms with E-state index in [1.54, 1.807) is 31.0 Å². The molecule has 0 N–H and O–H groups in total. The summed E-state index contributed by atoms with van der Waals surface area (Å²) in [7, 11) is 4.99. The molecule has 1 heterocycles. The van der Waals surface area contributed by atoms with E-state index in [1.807, 2.05) is 25.4 Å². The zero-order chi connectivity index (χ0) is 12.3. The van der Waals surface area contributed by atoms with E-state index in [0.717, 1.165) is 0 Å². The molecule has 5 nitrogen and oxygen atoms in total. The average Bonchev–Trinajstić information content (AvgIpc) is 2.74. The van der Waals surface area contributed by atoms with Gasteiger partial charge in [-0.25, -0.2) is 0 Å². The van der Waals surface area contributed by atoms with Crippen molar-refractivity contribution in [2.75, 3.05) is 14.2 Å². The highest BCUT2D eigenvalue weighted by molar-refractivity contribution is 5.52. The lowest BCUT2D eigenvalue weighted by molar-refractivity contribution is 0.333. The Morgan fingerprint density at radius 1 is 1.06 bits per heavy atom. The lowest BCUT2D eigenvalue weighted by atomic mass is 10.3. The molecule has 0 radical (unpaired) electrons. The minimum atomic E-state index is 0.513. The SMILES string of the molecule is COc1cccc(Oc2ccn(C)n2)c1OC. The van der Waals surface area contributed by atoms with Gasteiger partial charge in [0.05, 0.1) is 14.2 Å². The van der Waals surface area contributed by atoms with E-state index in [-0.39, 0.29) is 0 Å². The summed E-state index contributed by atoms with van der Waals surface area (Å²) in [4.78, 5) is 0. The molecular weight excluding hydrogens is 220 g/mol. The molecule has 0 aliphatic heterocycles. The molecule has 0 aliphatic rings. The van der Waals surface area contributed by atoms with Crippen LogP contribution >= 0.6 is 0 Å². The van der Waals surface area contributed by atoms with E-state index >= 15 is 0 Å². The second kappa shape index (κ2) is 4.78. The first-order valence-corrected chi connectivity index (χ1v) is 5.13. The third kappa shape index (κ3) is 2.33. The molecule has 2 aromatic rings. The van der Waals surface area contributed by atoms with Crippen LogP contribution in [0.3, 0.4) is 0 Å². The van der Waals surface area contributed by atoms with Gasteiger partial charge in [0, 0.05) is 19.3 Å². The number of rotatable bonds is 4. The molecule has 0 saturated heterocycles. The van der Waals surface area contributed by atoms with Crippen molar-refractivity contribution in [1.29, 1.82) is 0 Å². The fourth-order valence-electron chi connectivity index (χ4n) is 1.50. The second-order valence-corrected chi connectivity index (χ2v) is 3.42. The molecule has 2 rings (SSSR count). The Kier molecular flexibility index (Phi) is 3.18. The minimum Gasteiger partial charge on any atom is -0.493 e. The summed E-state index contributed by atoms with van der Waals surface area (Å²) < 4.78 is 17.7. The van der Waals surface area contributed by atoms with Crippen molar-refractivity contribution in [3.8, 4) is 23.1 Å². The van der Waals surface area contributed by atoms with Crippen molar-refractivity contribution < 1.29 is 14.2 Å². The van der Waals surface area contributed by atoms with Crippen LogP contribution in [0.15, 0.2) is 30.5 Å². The van der Waals surface area contributed by atoms with Crippen LogP contribution in [-0.4, -0.2) is 24.0 Å². The number of hydrogen-bond donors (Lipinski definition) is 0. The van der Waals surface area contributed by atoms with Gasteiger partial charge >= 0.3 is 0 Å². The molecule has 0 saturated carbocycles. The molecule has 0 unspecified atom stereocenters. The number of hydrogen-bond acceptors (Lipinski definition) is 4. The van der Waals surface area contributed by atoms with Crippen molar-refractivity contribution in [2.24, 2.45) is 7.05 Å². The molecule has 0 fully saturated rings. The van der Waals surface area contributed by atoms with Crippen LogP contribution in [0.25, 0.3) is 0 Å². The van der Waals surface area contributed by atoms with E-state index < -0.39 is 0 Å². The smallest absolute Gasteiger partial charge is 0.238 e. The van der Waals surface area contributed by atoms with E-state index in [9.17, 15) is 0 Å². The summed E-state index contributed by atoms with van der Waals surface area (Å²) in [5.74, 6) is 2.27. The highest BCUT2D eigenvalue weighted by atomic mass is 16.5. The normalized spacial score (nSPS) is 10.1. The van der Waals surface area contributed by atoms with Crippen LogP contribution < -0.4 is 14.2 Å². The lowest BCUT2D eigenvalue weighted by Crippen LogP contribution is -1.95.